The fourth-order valence-electron chi connectivity index (χ4n) is 1.41. The summed E-state index contributed by atoms with van der Waals surface area (Å²) in [4.78, 5) is 15.9. The number of aromatic nitrogens is 1. The number of thiazole rings is 1. The van der Waals surface area contributed by atoms with Crippen LogP contribution in [-0.4, -0.2) is 17.5 Å². The Hall–Kier alpha value is -1.63. The molecule has 1 amide bonds. The number of carbonyl (C=O) groups is 1. The van der Waals surface area contributed by atoms with Gasteiger partial charge in [0, 0.05) is 6.42 Å². The van der Waals surface area contributed by atoms with Gasteiger partial charge >= 0.3 is 0 Å². The summed E-state index contributed by atoms with van der Waals surface area (Å²) in [5.74, 6) is 5.35. The van der Waals surface area contributed by atoms with Gasteiger partial charge in [-0.1, -0.05) is 23.7 Å². The summed E-state index contributed by atoms with van der Waals surface area (Å²) in [5.41, 5.74) is 2.07. The van der Waals surface area contributed by atoms with Gasteiger partial charge in [0.25, 0.3) is 5.91 Å². The van der Waals surface area contributed by atoms with E-state index in [0.29, 0.717) is 28.7 Å². The molecular weight excluding hydrogens is 286 g/mol. The third-order valence-electron chi connectivity index (χ3n) is 2.32. The molecule has 0 aliphatic heterocycles. The maximum Gasteiger partial charge on any atom is 0.276 e. The fourth-order valence-corrected chi connectivity index (χ4v) is 2.40. The van der Waals surface area contributed by atoms with Crippen molar-refractivity contribution >= 4 is 28.8 Å². The molecule has 0 spiro atoms. The molecule has 0 aliphatic rings. The minimum absolute atomic E-state index is 0.337. The molecule has 0 saturated carbocycles. The molecule has 1 aromatic heterocycles. The van der Waals surface area contributed by atoms with Crippen LogP contribution in [0.15, 0.2) is 30.5 Å². The highest BCUT2D eigenvalue weighted by molar-refractivity contribution is 7.13. The molecule has 0 unspecified atom stereocenters. The second-order valence-corrected chi connectivity index (χ2v) is 5.14. The molecule has 0 radical (unpaired) electrons. The number of halogens is 1. The van der Waals surface area contributed by atoms with E-state index >= 15 is 0 Å². The van der Waals surface area contributed by atoms with Gasteiger partial charge in [0.2, 0.25) is 0 Å². The van der Waals surface area contributed by atoms with Crippen LogP contribution < -0.4 is 16.0 Å². The zero-order valence-corrected chi connectivity index (χ0v) is 11.5. The Morgan fingerprint density at radius 2 is 2.26 bits per heavy atom. The van der Waals surface area contributed by atoms with Gasteiger partial charge < -0.3 is 4.74 Å². The normalized spacial score (nSPS) is 10.2. The number of para-hydroxylation sites is 1. The van der Waals surface area contributed by atoms with Crippen molar-refractivity contribution in [3.8, 4) is 5.75 Å². The molecule has 0 fully saturated rings. The van der Waals surface area contributed by atoms with Crippen molar-refractivity contribution in [3.63, 3.8) is 0 Å². The number of nitrogens with two attached hydrogens (primary N) is 1. The summed E-state index contributed by atoms with van der Waals surface area (Å²) in [7, 11) is 0. The van der Waals surface area contributed by atoms with Crippen LogP contribution in [0, 0.1) is 0 Å². The Bertz CT molecular complexity index is 574. The molecule has 1 heterocycles. The summed E-state index contributed by atoms with van der Waals surface area (Å²) in [6.07, 6.45) is 2.10. The van der Waals surface area contributed by atoms with Crippen LogP contribution in [0.5, 0.6) is 5.75 Å². The number of hydrazine groups is 1. The number of rotatable bonds is 5. The Kier molecular flexibility index (Phi) is 4.73. The molecule has 1 aromatic carbocycles. The van der Waals surface area contributed by atoms with Crippen LogP contribution >= 0.6 is 22.9 Å². The highest BCUT2D eigenvalue weighted by Crippen LogP contribution is 2.23. The summed E-state index contributed by atoms with van der Waals surface area (Å²) >= 11 is 7.25. The lowest BCUT2D eigenvalue weighted by Crippen LogP contribution is -2.29. The van der Waals surface area contributed by atoms with E-state index in [1.165, 1.54) is 17.5 Å². The third-order valence-corrected chi connectivity index (χ3v) is 3.69. The molecule has 0 bridgehead atoms. The maximum atomic E-state index is 11.3. The number of carbonyl (C=O) groups excluding carboxylic acids is 1. The van der Waals surface area contributed by atoms with Crippen molar-refractivity contribution in [1.29, 1.82) is 0 Å². The number of hydrogen-bond donors (Lipinski definition) is 2. The van der Waals surface area contributed by atoms with E-state index in [1.54, 1.807) is 12.1 Å². The zero-order chi connectivity index (χ0) is 13.7. The number of nitrogen functional groups attached to an aromatic ring is 1. The van der Waals surface area contributed by atoms with Crippen LogP contribution in [0.1, 0.15) is 14.7 Å². The van der Waals surface area contributed by atoms with Gasteiger partial charge in [-0.05, 0) is 12.1 Å². The van der Waals surface area contributed by atoms with Crippen molar-refractivity contribution in [2.24, 2.45) is 5.84 Å². The largest absolute Gasteiger partial charge is 0.492 e. The van der Waals surface area contributed by atoms with Crippen LogP contribution in [0.3, 0.4) is 0 Å². The first-order chi connectivity index (χ1) is 9.20. The summed E-state index contributed by atoms with van der Waals surface area (Å²) in [6, 6.07) is 7.27. The average molecular weight is 298 g/mol. The van der Waals surface area contributed by atoms with E-state index in [0.717, 1.165) is 5.01 Å². The lowest BCUT2D eigenvalue weighted by Gasteiger charge is -2.06. The van der Waals surface area contributed by atoms with Crippen LogP contribution in [0.2, 0.25) is 5.02 Å². The highest BCUT2D eigenvalue weighted by atomic mass is 35.5. The smallest absolute Gasteiger partial charge is 0.276 e. The van der Waals surface area contributed by atoms with Crippen LogP contribution in [-0.2, 0) is 6.42 Å². The molecule has 0 aliphatic carbocycles. The molecule has 0 atom stereocenters. The number of nitrogens with zero attached hydrogens (tertiary/aromatic N) is 1. The van der Waals surface area contributed by atoms with E-state index in [2.05, 4.69) is 10.4 Å². The molecular formula is C12H12ClN3O2S. The quantitative estimate of drug-likeness (QED) is 0.503. The van der Waals surface area contributed by atoms with Crippen LogP contribution in [0.25, 0.3) is 0 Å². The van der Waals surface area contributed by atoms with Crippen molar-refractivity contribution in [1.82, 2.24) is 10.4 Å². The number of nitrogens with one attached hydrogen (secondary N) is 1. The Balaban J connectivity index is 1.88. The zero-order valence-electron chi connectivity index (χ0n) is 9.93. The van der Waals surface area contributed by atoms with Crippen molar-refractivity contribution in [2.75, 3.05) is 6.61 Å². The molecule has 2 aromatic rings. The second-order valence-electron chi connectivity index (χ2n) is 3.62. The fraction of sp³-hybridized carbons (Fsp3) is 0.167. The molecule has 100 valence electrons. The summed E-state index contributed by atoms with van der Waals surface area (Å²) < 4.78 is 5.55. The van der Waals surface area contributed by atoms with E-state index in [1.807, 2.05) is 12.1 Å². The second kappa shape index (κ2) is 6.51. The van der Waals surface area contributed by atoms with Crippen molar-refractivity contribution < 1.29 is 9.53 Å². The predicted molar refractivity (Wildman–Crippen MR) is 74.4 cm³/mol. The minimum atomic E-state index is -0.337. The Morgan fingerprint density at radius 1 is 1.47 bits per heavy atom. The van der Waals surface area contributed by atoms with Crippen molar-refractivity contribution in [3.05, 3.63) is 45.4 Å². The van der Waals surface area contributed by atoms with E-state index in [-0.39, 0.29) is 5.91 Å². The minimum Gasteiger partial charge on any atom is -0.492 e. The van der Waals surface area contributed by atoms with E-state index in [4.69, 9.17) is 22.2 Å². The van der Waals surface area contributed by atoms with E-state index in [9.17, 15) is 4.79 Å². The van der Waals surface area contributed by atoms with Crippen molar-refractivity contribution in [2.45, 2.75) is 6.42 Å². The number of ether oxygens (including phenoxy) is 1. The molecule has 3 N–H and O–H groups in total. The van der Waals surface area contributed by atoms with E-state index < -0.39 is 0 Å². The lowest BCUT2D eigenvalue weighted by atomic mass is 10.3. The monoisotopic (exact) mass is 297 g/mol. The SMILES string of the molecule is NNC(=O)c1cnc(CCOc2ccccc2Cl)s1. The van der Waals surface area contributed by atoms with Gasteiger partial charge in [0.05, 0.1) is 22.8 Å². The average Bonchev–Trinajstić information content (AvgIpc) is 2.89. The summed E-state index contributed by atoms with van der Waals surface area (Å²) in [6.45, 7) is 0.445. The van der Waals surface area contributed by atoms with Gasteiger partial charge in [0.1, 0.15) is 10.6 Å². The molecule has 19 heavy (non-hydrogen) atoms. The van der Waals surface area contributed by atoms with Gasteiger partial charge in [-0.2, -0.15) is 0 Å². The Morgan fingerprint density at radius 3 is 3.00 bits per heavy atom. The molecule has 5 nitrogen and oxygen atoms in total. The number of amides is 1. The molecule has 7 heteroatoms. The third kappa shape index (κ3) is 3.66. The standard InChI is InChI=1S/C12H12ClN3O2S/c13-8-3-1-2-4-9(8)18-6-5-11-15-7-10(19-11)12(17)16-14/h1-4,7H,5-6,14H2,(H,16,17). The first kappa shape index (κ1) is 13.8. The first-order valence-electron chi connectivity index (χ1n) is 5.53. The highest BCUT2D eigenvalue weighted by Gasteiger charge is 2.09. The maximum absolute atomic E-state index is 11.3. The lowest BCUT2D eigenvalue weighted by molar-refractivity contribution is 0.0957. The summed E-state index contributed by atoms with van der Waals surface area (Å²) in [5, 5.41) is 1.38. The molecule has 2 rings (SSSR count). The predicted octanol–water partition coefficient (Wildman–Crippen LogP) is 2.02. The van der Waals surface area contributed by atoms with Gasteiger partial charge in [-0.3, -0.25) is 10.2 Å². The molecule has 0 saturated heterocycles. The number of benzene rings is 1. The first-order valence-corrected chi connectivity index (χ1v) is 6.73. The Labute approximate surface area is 119 Å². The van der Waals surface area contributed by atoms with Gasteiger partial charge in [0.15, 0.2) is 0 Å². The van der Waals surface area contributed by atoms with Crippen LogP contribution in [0.4, 0.5) is 0 Å². The number of hydrogen-bond acceptors (Lipinski definition) is 5. The topological polar surface area (TPSA) is 77.2 Å². The van der Waals surface area contributed by atoms with Gasteiger partial charge in [-0.25, -0.2) is 10.8 Å². The van der Waals surface area contributed by atoms with Gasteiger partial charge in [-0.15, -0.1) is 11.3 Å².